The third-order valence-electron chi connectivity index (χ3n) is 4.61. The van der Waals surface area contributed by atoms with Crippen molar-refractivity contribution in [3.8, 4) is 0 Å². The van der Waals surface area contributed by atoms with Crippen LogP contribution in [0, 0.1) is 5.82 Å². The van der Waals surface area contributed by atoms with Crippen molar-refractivity contribution < 1.29 is 14.0 Å². The van der Waals surface area contributed by atoms with E-state index < -0.39 is 0 Å². The molecule has 0 spiro atoms. The van der Waals surface area contributed by atoms with Crippen molar-refractivity contribution in [3.05, 3.63) is 29.6 Å². The van der Waals surface area contributed by atoms with Crippen LogP contribution in [0.2, 0.25) is 0 Å². The molecule has 1 aromatic carbocycles. The zero-order chi connectivity index (χ0) is 17.1. The number of carbonyl (C=O) groups excluding carboxylic acids is 2. The lowest BCUT2D eigenvalue weighted by molar-refractivity contribution is -0.121. The topological polar surface area (TPSA) is 73.5 Å². The molecule has 0 saturated carbocycles. The summed E-state index contributed by atoms with van der Waals surface area (Å²) >= 11 is 0. The van der Waals surface area contributed by atoms with Gasteiger partial charge in [0.25, 0.3) is 0 Å². The van der Waals surface area contributed by atoms with E-state index in [1.54, 1.807) is 6.07 Å². The molecule has 2 heterocycles. The maximum Gasteiger partial charge on any atom is 0.227 e. The number of anilines is 1. The Morgan fingerprint density at radius 1 is 1.36 bits per heavy atom. The SMILES string of the molecule is CC(=O)NCC1CC(c2ccc(N3CCNCC3)c(F)c2)C(=O)N1.Cl. The van der Waals surface area contributed by atoms with Gasteiger partial charge < -0.3 is 20.9 Å². The lowest BCUT2D eigenvalue weighted by Gasteiger charge is -2.30. The zero-order valence-electron chi connectivity index (χ0n) is 14.2. The monoisotopic (exact) mass is 370 g/mol. The van der Waals surface area contributed by atoms with Crippen LogP contribution in [-0.2, 0) is 9.59 Å². The van der Waals surface area contributed by atoms with E-state index in [-0.39, 0.29) is 42.0 Å². The maximum atomic E-state index is 14.5. The van der Waals surface area contributed by atoms with E-state index >= 15 is 0 Å². The fraction of sp³-hybridized carbons (Fsp3) is 0.529. The number of piperazine rings is 1. The van der Waals surface area contributed by atoms with E-state index in [1.807, 2.05) is 11.0 Å². The van der Waals surface area contributed by atoms with Gasteiger partial charge in [-0.05, 0) is 24.1 Å². The van der Waals surface area contributed by atoms with Crippen molar-refractivity contribution >= 4 is 29.9 Å². The first-order valence-corrected chi connectivity index (χ1v) is 8.34. The molecule has 2 unspecified atom stereocenters. The van der Waals surface area contributed by atoms with Gasteiger partial charge in [0.05, 0.1) is 11.6 Å². The average molecular weight is 371 g/mol. The number of nitrogens with one attached hydrogen (secondary N) is 3. The summed E-state index contributed by atoms with van der Waals surface area (Å²) in [5.41, 5.74) is 1.28. The van der Waals surface area contributed by atoms with E-state index in [1.165, 1.54) is 13.0 Å². The Balaban J connectivity index is 0.00000225. The predicted octanol–water partition coefficient (Wildman–Crippen LogP) is 0.765. The lowest BCUT2D eigenvalue weighted by atomic mass is 9.95. The highest BCUT2D eigenvalue weighted by molar-refractivity contribution is 5.86. The summed E-state index contributed by atoms with van der Waals surface area (Å²) in [5, 5.41) is 8.81. The van der Waals surface area contributed by atoms with Gasteiger partial charge in [-0.3, -0.25) is 9.59 Å². The van der Waals surface area contributed by atoms with Crippen LogP contribution in [0.1, 0.15) is 24.8 Å². The molecular weight excluding hydrogens is 347 g/mol. The molecule has 1 aromatic rings. The van der Waals surface area contributed by atoms with Crippen molar-refractivity contribution in [3.63, 3.8) is 0 Å². The van der Waals surface area contributed by atoms with Gasteiger partial charge in [0, 0.05) is 45.7 Å². The fourth-order valence-corrected chi connectivity index (χ4v) is 3.34. The summed E-state index contributed by atoms with van der Waals surface area (Å²) < 4.78 is 14.5. The van der Waals surface area contributed by atoms with Crippen molar-refractivity contribution in [2.24, 2.45) is 0 Å². The van der Waals surface area contributed by atoms with Crippen molar-refractivity contribution in [2.75, 3.05) is 37.6 Å². The molecule has 0 radical (unpaired) electrons. The van der Waals surface area contributed by atoms with Crippen LogP contribution in [-0.4, -0.2) is 50.6 Å². The summed E-state index contributed by atoms with van der Waals surface area (Å²) in [5.74, 6) is -0.887. The van der Waals surface area contributed by atoms with Crippen LogP contribution >= 0.6 is 12.4 Å². The summed E-state index contributed by atoms with van der Waals surface area (Å²) in [6, 6.07) is 4.97. The number of benzene rings is 1. The first-order chi connectivity index (χ1) is 11.5. The Labute approximate surface area is 152 Å². The highest BCUT2D eigenvalue weighted by atomic mass is 35.5. The first kappa shape index (κ1) is 19.5. The normalized spacial score (nSPS) is 23.0. The van der Waals surface area contributed by atoms with Gasteiger partial charge in [0.2, 0.25) is 11.8 Å². The molecule has 6 nitrogen and oxygen atoms in total. The van der Waals surface area contributed by atoms with Crippen molar-refractivity contribution in [1.29, 1.82) is 0 Å². The van der Waals surface area contributed by atoms with Gasteiger partial charge in [0.15, 0.2) is 0 Å². The summed E-state index contributed by atoms with van der Waals surface area (Å²) in [6.07, 6.45) is 0.561. The minimum Gasteiger partial charge on any atom is -0.367 e. The summed E-state index contributed by atoms with van der Waals surface area (Å²) in [4.78, 5) is 25.2. The van der Waals surface area contributed by atoms with Gasteiger partial charge in [0.1, 0.15) is 5.82 Å². The Morgan fingerprint density at radius 3 is 2.72 bits per heavy atom. The Morgan fingerprint density at radius 2 is 2.08 bits per heavy atom. The highest BCUT2D eigenvalue weighted by Gasteiger charge is 2.33. The number of carbonyl (C=O) groups is 2. The van der Waals surface area contributed by atoms with E-state index in [2.05, 4.69) is 16.0 Å². The Hall–Kier alpha value is -1.86. The number of rotatable bonds is 4. The van der Waals surface area contributed by atoms with Gasteiger partial charge in [-0.15, -0.1) is 12.4 Å². The molecule has 8 heteroatoms. The van der Waals surface area contributed by atoms with Crippen LogP contribution in [0.15, 0.2) is 18.2 Å². The largest absolute Gasteiger partial charge is 0.367 e. The number of halogens is 2. The molecule has 138 valence electrons. The summed E-state index contributed by atoms with van der Waals surface area (Å²) in [6.45, 7) is 5.09. The third-order valence-corrected chi connectivity index (χ3v) is 4.61. The second-order valence-corrected chi connectivity index (χ2v) is 6.38. The molecule has 25 heavy (non-hydrogen) atoms. The minimum atomic E-state index is -0.365. The van der Waals surface area contributed by atoms with Crippen LogP contribution in [0.5, 0.6) is 0 Å². The smallest absolute Gasteiger partial charge is 0.227 e. The lowest BCUT2D eigenvalue weighted by Crippen LogP contribution is -2.43. The van der Waals surface area contributed by atoms with Gasteiger partial charge in [-0.1, -0.05) is 6.07 Å². The zero-order valence-corrected chi connectivity index (χ0v) is 15.0. The maximum absolute atomic E-state index is 14.5. The molecule has 3 N–H and O–H groups in total. The minimum absolute atomic E-state index is 0. The third kappa shape index (κ3) is 4.61. The van der Waals surface area contributed by atoms with Crippen molar-refractivity contribution in [1.82, 2.24) is 16.0 Å². The molecule has 2 atom stereocenters. The van der Waals surface area contributed by atoms with E-state index in [4.69, 9.17) is 0 Å². The molecule has 2 amide bonds. The molecule has 2 saturated heterocycles. The Kier molecular flexibility index (Phi) is 6.61. The molecule has 0 aromatic heterocycles. The first-order valence-electron chi connectivity index (χ1n) is 8.34. The second-order valence-electron chi connectivity index (χ2n) is 6.38. The fourth-order valence-electron chi connectivity index (χ4n) is 3.34. The van der Waals surface area contributed by atoms with Gasteiger partial charge >= 0.3 is 0 Å². The van der Waals surface area contributed by atoms with E-state index in [0.29, 0.717) is 24.2 Å². The average Bonchev–Trinajstić information content (AvgIpc) is 2.94. The standard InChI is InChI=1S/C17H23FN4O2.ClH/c1-11(23)20-10-13-9-14(17(24)21-13)12-2-3-16(15(18)8-12)22-6-4-19-5-7-22;/h2-3,8,13-14,19H,4-7,9-10H2,1H3,(H,20,23)(H,21,24);1H. The molecule has 3 rings (SSSR count). The van der Waals surface area contributed by atoms with Gasteiger partial charge in [-0.25, -0.2) is 4.39 Å². The number of amides is 2. The van der Waals surface area contributed by atoms with E-state index in [9.17, 15) is 14.0 Å². The van der Waals surface area contributed by atoms with E-state index in [0.717, 1.165) is 26.2 Å². The van der Waals surface area contributed by atoms with Crippen molar-refractivity contribution in [2.45, 2.75) is 25.3 Å². The molecular formula is C17H24ClFN4O2. The molecule has 2 aliphatic heterocycles. The molecule has 2 fully saturated rings. The number of nitrogens with zero attached hydrogens (tertiary/aromatic N) is 1. The Bertz CT molecular complexity index is 637. The highest BCUT2D eigenvalue weighted by Crippen LogP contribution is 2.30. The molecule has 2 aliphatic rings. The van der Waals surface area contributed by atoms with Crippen LogP contribution < -0.4 is 20.9 Å². The van der Waals surface area contributed by atoms with Crippen LogP contribution in [0.25, 0.3) is 0 Å². The second kappa shape index (κ2) is 8.49. The molecule has 0 bridgehead atoms. The predicted molar refractivity (Wildman–Crippen MR) is 96.7 cm³/mol. The number of hydrogen-bond donors (Lipinski definition) is 3. The van der Waals surface area contributed by atoms with Gasteiger partial charge in [-0.2, -0.15) is 0 Å². The van der Waals surface area contributed by atoms with Crippen LogP contribution in [0.3, 0.4) is 0 Å². The number of hydrogen-bond acceptors (Lipinski definition) is 4. The van der Waals surface area contributed by atoms with Crippen LogP contribution in [0.4, 0.5) is 10.1 Å². The quantitative estimate of drug-likeness (QED) is 0.732. The molecule has 0 aliphatic carbocycles. The summed E-state index contributed by atoms with van der Waals surface area (Å²) in [7, 11) is 0.